The maximum Gasteiger partial charge on any atom is 0.342 e. The molecule has 0 saturated heterocycles. The summed E-state index contributed by atoms with van der Waals surface area (Å²) < 4.78 is 4.72. The SMILES string of the molecule is CCOC=C(C(=O)O)C(=O)CC. The summed E-state index contributed by atoms with van der Waals surface area (Å²) in [5.41, 5.74) is -0.292. The van der Waals surface area contributed by atoms with Crippen molar-refractivity contribution in [3.05, 3.63) is 11.8 Å². The maximum atomic E-state index is 10.9. The first-order valence-corrected chi connectivity index (χ1v) is 3.71. The van der Waals surface area contributed by atoms with E-state index in [9.17, 15) is 9.59 Å². The minimum absolute atomic E-state index is 0.172. The van der Waals surface area contributed by atoms with Crippen molar-refractivity contribution in [3.63, 3.8) is 0 Å². The molecule has 0 atom stereocenters. The molecule has 0 heterocycles. The van der Waals surface area contributed by atoms with Gasteiger partial charge in [0.1, 0.15) is 11.8 Å². The molecular weight excluding hydrogens is 160 g/mol. The van der Waals surface area contributed by atoms with E-state index in [4.69, 9.17) is 9.84 Å². The summed E-state index contributed by atoms with van der Waals surface area (Å²) in [6.07, 6.45) is 1.17. The van der Waals surface area contributed by atoms with Gasteiger partial charge in [-0.2, -0.15) is 0 Å². The van der Waals surface area contributed by atoms with Gasteiger partial charge in [0.2, 0.25) is 0 Å². The monoisotopic (exact) mass is 172 g/mol. The molecule has 0 aromatic rings. The van der Waals surface area contributed by atoms with Crippen LogP contribution in [0.25, 0.3) is 0 Å². The van der Waals surface area contributed by atoms with Crippen LogP contribution in [-0.4, -0.2) is 23.5 Å². The topological polar surface area (TPSA) is 63.6 Å². The Labute approximate surface area is 70.8 Å². The molecule has 1 N–H and O–H groups in total. The Morgan fingerprint density at radius 3 is 2.33 bits per heavy atom. The number of hydrogen-bond donors (Lipinski definition) is 1. The molecule has 0 aliphatic rings. The third-order valence-electron chi connectivity index (χ3n) is 1.22. The molecule has 0 unspecified atom stereocenters. The lowest BCUT2D eigenvalue weighted by Gasteiger charge is -1.98. The van der Waals surface area contributed by atoms with Gasteiger partial charge in [-0.15, -0.1) is 0 Å². The smallest absolute Gasteiger partial charge is 0.342 e. The number of hydrogen-bond acceptors (Lipinski definition) is 3. The van der Waals surface area contributed by atoms with Crippen molar-refractivity contribution in [2.45, 2.75) is 20.3 Å². The third-order valence-corrected chi connectivity index (χ3v) is 1.22. The van der Waals surface area contributed by atoms with Crippen LogP contribution < -0.4 is 0 Å². The molecule has 0 aromatic heterocycles. The molecule has 0 aliphatic carbocycles. The zero-order valence-electron chi connectivity index (χ0n) is 7.16. The molecule has 68 valence electrons. The van der Waals surface area contributed by atoms with E-state index in [0.29, 0.717) is 6.61 Å². The lowest BCUT2D eigenvalue weighted by molar-refractivity contribution is -0.134. The largest absolute Gasteiger partial charge is 0.500 e. The third kappa shape index (κ3) is 3.18. The zero-order valence-corrected chi connectivity index (χ0v) is 7.16. The van der Waals surface area contributed by atoms with Crippen LogP contribution in [-0.2, 0) is 14.3 Å². The molecule has 4 nitrogen and oxygen atoms in total. The second-order valence-corrected chi connectivity index (χ2v) is 2.07. The number of carbonyl (C=O) groups excluding carboxylic acids is 1. The molecule has 0 spiro atoms. The van der Waals surface area contributed by atoms with Crippen LogP contribution in [0.15, 0.2) is 11.8 Å². The Morgan fingerprint density at radius 2 is 2.00 bits per heavy atom. The molecular formula is C8H12O4. The maximum absolute atomic E-state index is 10.9. The highest BCUT2D eigenvalue weighted by molar-refractivity contribution is 6.16. The minimum Gasteiger partial charge on any atom is -0.500 e. The van der Waals surface area contributed by atoms with Gasteiger partial charge >= 0.3 is 5.97 Å². The molecule has 0 fully saturated rings. The predicted molar refractivity (Wildman–Crippen MR) is 42.6 cm³/mol. The summed E-state index contributed by atoms with van der Waals surface area (Å²) in [5, 5.41) is 8.53. The Balaban J connectivity index is 4.43. The van der Waals surface area contributed by atoms with Gasteiger partial charge in [0.25, 0.3) is 0 Å². The van der Waals surface area contributed by atoms with Gasteiger partial charge in [0, 0.05) is 6.42 Å². The van der Waals surface area contributed by atoms with Crippen molar-refractivity contribution in [2.75, 3.05) is 6.61 Å². The lowest BCUT2D eigenvalue weighted by Crippen LogP contribution is -2.11. The standard InChI is InChI=1S/C8H12O4/c1-3-7(9)6(8(10)11)5-12-4-2/h5H,3-4H2,1-2H3,(H,10,11). The Kier molecular flexibility index (Phi) is 4.76. The molecule has 0 rings (SSSR count). The van der Waals surface area contributed by atoms with Gasteiger partial charge in [-0.1, -0.05) is 6.92 Å². The first-order chi connectivity index (χ1) is 5.63. The van der Waals surface area contributed by atoms with Gasteiger partial charge in [0.15, 0.2) is 5.78 Å². The van der Waals surface area contributed by atoms with Gasteiger partial charge in [-0.3, -0.25) is 4.79 Å². The summed E-state index contributed by atoms with van der Waals surface area (Å²) in [7, 11) is 0. The van der Waals surface area contributed by atoms with Crippen molar-refractivity contribution in [3.8, 4) is 0 Å². The fraction of sp³-hybridized carbons (Fsp3) is 0.500. The van der Waals surface area contributed by atoms with Crippen molar-refractivity contribution in [2.24, 2.45) is 0 Å². The van der Waals surface area contributed by atoms with E-state index < -0.39 is 11.8 Å². The number of aliphatic carboxylic acids is 1. The normalized spacial score (nSPS) is 11.0. The van der Waals surface area contributed by atoms with Crippen molar-refractivity contribution in [1.82, 2.24) is 0 Å². The van der Waals surface area contributed by atoms with E-state index in [1.54, 1.807) is 13.8 Å². The van der Waals surface area contributed by atoms with Crippen molar-refractivity contribution < 1.29 is 19.4 Å². The Bertz CT molecular complexity index is 205. The van der Waals surface area contributed by atoms with Crippen LogP contribution in [0.3, 0.4) is 0 Å². The first kappa shape index (κ1) is 10.7. The molecule has 0 aliphatic heterocycles. The van der Waals surface area contributed by atoms with E-state index in [-0.39, 0.29) is 12.0 Å². The van der Waals surface area contributed by atoms with Crippen LogP contribution >= 0.6 is 0 Å². The highest BCUT2D eigenvalue weighted by Gasteiger charge is 2.15. The number of Topliss-reactive ketones (excluding diaryl/α,β-unsaturated/α-hetero) is 1. The highest BCUT2D eigenvalue weighted by Crippen LogP contribution is 2.00. The lowest BCUT2D eigenvalue weighted by atomic mass is 10.1. The first-order valence-electron chi connectivity index (χ1n) is 3.71. The second kappa shape index (κ2) is 5.35. The van der Waals surface area contributed by atoms with Crippen LogP contribution in [0.2, 0.25) is 0 Å². The van der Waals surface area contributed by atoms with Gasteiger partial charge < -0.3 is 9.84 Å². The highest BCUT2D eigenvalue weighted by atomic mass is 16.5. The van der Waals surface area contributed by atoms with E-state index in [0.717, 1.165) is 6.26 Å². The van der Waals surface area contributed by atoms with Crippen molar-refractivity contribution >= 4 is 11.8 Å². The van der Waals surface area contributed by atoms with Gasteiger partial charge in [-0.05, 0) is 6.92 Å². The van der Waals surface area contributed by atoms with Crippen LogP contribution in [0.4, 0.5) is 0 Å². The van der Waals surface area contributed by atoms with E-state index in [1.165, 1.54) is 0 Å². The summed E-state index contributed by atoms with van der Waals surface area (Å²) in [6, 6.07) is 0. The molecule has 0 radical (unpaired) electrons. The average Bonchev–Trinajstić information content (AvgIpc) is 2.04. The number of ether oxygens (including phenoxy) is 1. The Hall–Kier alpha value is -1.32. The van der Waals surface area contributed by atoms with Gasteiger partial charge in [-0.25, -0.2) is 4.79 Å². The fourth-order valence-corrected chi connectivity index (χ4v) is 0.593. The molecule has 12 heavy (non-hydrogen) atoms. The Morgan fingerprint density at radius 1 is 1.42 bits per heavy atom. The van der Waals surface area contributed by atoms with Crippen LogP contribution in [0.5, 0.6) is 0 Å². The fourth-order valence-electron chi connectivity index (χ4n) is 0.593. The number of carbonyl (C=O) groups is 2. The number of carboxylic acid groups (broad SMARTS) is 1. The summed E-state index contributed by atoms with van der Waals surface area (Å²) in [6.45, 7) is 3.67. The average molecular weight is 172 g/mol. The van der Waals surface area contributed by atoms with Gasteiger partial charge in [0.05, 0.1) is 6.61 Å². The quantitative estimate of drug-likeness (QED) is 0.290. The molecule has 0 amide bonds. The van der Waals surface area contributed by atoms with Crippen molar-refractivity contribution in [1.29, 1.82) is 0 Å². The van der Waals surface area contributed by atoms with E-state index in [1.807, 2.05) is 0 Å². The van der Waals surface area contributed by atoms with E-state index >= 15 is 0 Å². The summed E-state index contributed by atoms with van der Waals surface area (Å²) in [4.78, 5) is 21.4. The number of ketones is 1. The molecule has 0 aromatic carbocycles. The molecule has 0 saturated carbocycles. The zero-order chi connectivity index (χ0) is 9.56. The number of carboxylic acids is 1. The van der Waals surface area contributed by atoms with E-state index in [2.05, 4.69) is 0 Å². The summed E-state index contributed by atoms with van der Waals surface area (Å²) >= 11 is 0. The second-order valence-electron chi connectivity index (χ2n) is 2.07. The minimum atomic E-state index is -1.24. The van der Waals surface area contributed by atoms with Crippen LogP contribution in [0, 0.1) is 0 Å². The van der Waals surface area contributed by atoms with Crippen LogP contribution in [0.1, 0.15) is 20.3 Å². The molecule has 0 bridgehead atoms. The number of rotatable bonds is 5. The summed E-state index contributed by atoms with van der Waals surface area (Å²) in [5.74, 6) is -1.66. The predicted octanol–water partition coefficient (Wildman–Crippen LogP) is 0.970. The molecule has 4 heteroatoms.